The fourth-order valence-corrected chi connectivity index (χ4v) is 2.45. The maximum atomic E-state index is 13.7. The van der Waals surface area contributed by atoms with E-state index >= 15 is 0 Å². The Morgan fingerprint density at radius 1 is 1.35 bits per heavy atom. The molecule has 3 rings (SSSR count). The summed E-state index contributed by atoms with van der Waals surface area (Å²) in [5, 5.41) is 9.48. The first-order valence-corrected chi connectivity index (χ1v) is 7.09. The molecule has 6 heteroatoms. The predicted octanol–water partition coefficient (Wildman–Crippen LogP) is 3.96. The second-order valence-electron chi connectivity index (χ2n) is 4.83. The van der Waals surface area contributed by atoms with Gasteiger partial charge in [-0.3, -0.25) is 0 Å². The first-order valence-electron chi connectivity index (χ1n) is 6.71. The number of carbonyl (C=O) groups excluding carboxylic acids is 1. The highest BCUT2D eigenvalue weighted by atomic mass is 35.5. The van der Waals surface area contributed by atoms with Crippen LogP contribution in [0.25, 0.3) is 5.52 Å². The zero-order valence-electron chi connectivity index (χ0n) is 11.8. The molecule has 0 fully saturated rings. The van der Waals surface area contributed by atoms with E-state index in [0.717, 1.165) is 11.6 Å². The number of benzene rings is 1. The molecule has 0 spiro atoms. The maximum absolute atomic E-state index is 13.7. The van der Waals surface area contributed by atoms with Crippen molar-refractivity contribution in [2.24, 2.45) is 0 Å². The molecule has 3 aromatic rings. The third-order valence-corrected chi connectivity index (χ3v) is 3.62. The number of pyridine rings is 1. The van der Waals surface area contributed by atoms with Gasteiger partial charge in [-0.05, 0) is 30.3 Å². The first kappa shape index (κ1) is 15.1. The molecule has 0 N–H and O–H groups in total. The number of hydrogen-bond donors (Lipinski definition) is 0. The number of carbonyl (C=O) groups is 1. The SMILES string of the molecule is N#Cc1c(COC(=O)c2ccc(Cl)cc2F)cn2ccccc12. The van der Waals surface area contributed by atoms with Gasteiger partial charge in [0.15, 0.2) is 0 Å². The number of nitriles is 1. The number of fused-ring (bicyclic) bond motifs is 1. The maximum Gasteiger partial charge on any atom is 0.341 e. The van der Waals surface area contributed by atoms with Crippen LogP contribution >= 0.6 is 11.6 Å². The molecular formula is C17H10ClFN2O2. The molecule has 2 heterocycles. The van der Waals surface area contributed by atoms with E-state index in [1.807, 2.05) is 12.1 Å². The molecule has 0 aliphatic heterocycles. The van der Waals surface area contributed by atoms with Gasteiger partial charge >= 0.3 is 5.97 Å². The number of nitrogens with zero attached hydrogens (tertiary/aromatic N) is 2. The van der Waals surface area contributed by atoms with Crippen LogP contribution in [-0.2, 0) is 11.3 Å². The molecule has 4 nitrogen and oxygen atoms in total. The van der Waals surface area contributed by atoms with Crippen molar-refractivity contribution < 1.29 is 13.9 Å². The molecule has 0 amide bonds. The van der Waals surface area contributed by atoms with E-state index in [1.54, 1.807) is 22.9 Å². The van der Waals surface area contributed by atoms with Crippen LogP contribution in [0.4, 0.5) is 4.39 Å². The van der Waals surface area contributed by atoms with Crippen LogP contribution in [0.15, 0.2) is 48.8 Å². The number of aromatic nitrogens is 1. The van der Waals surface area contributed by atoms with Crippen molar-refractivity contribution in [1.29, 1.82) is 5.26 Å². The average Bonchev–Trinajstić information content (AvgIpc) is 2.90. The fraction of sp³-hybridized carbons (Fsp3) is 0.0588. The third kappa shape index (κ3) is 2.89. The van der Waals surface area contributed by atoms with Gasteiger partial charge in [0.2, 0.25) is 0 Å². The van der Waals surface area contributed by atoms with Gasteiger partial charge < -0.3 is 9.14 Å². The van der Waals surface area contributed by atoms with Gasteiger partial charge in [-0.25, -0.2) is 9.18 Å². The Balaban J connectivity index is 1.83. The minimum absolute atomic E-state index is 0.120. The van der Waals surface area contributed by atoms with Crippen LogP contribution in [0.3, 0.4) is 0 Å². The third-order valence-electron chi connectivity index (χ3n) is 3.38. The van der Waals surface area contributed by atoms with Crippen LogP contribution in [0, 0.1) is 17.1 Å². The fourth-order valence-electron chi connectivity index (χ4n) is 2.29. The molecule has 0 aliphatic carbocycles. The Hall–Kier alpha value is -2.84. The van der Waals surface area contributed by atoms with E-state index in [-0.39, 0.29) is 17.2 Å². The number of halogens is 2. The highest BCUT2D eigenvalue weighted by Gasteiger charge is 2.16. The Morgan fingerprint density at radius 3 is 2.91 bits per heavy atom. The van der Waals surface area contributed by atoms with Crippen LogP contribution in [0.5, 0.6) is 0 Å². The minimum Gasteiger partial charge on any atom is -0.457 e. The second kappa shape index (κ2) is 6.11. The molecule has 0 saturated carbocycles. The Kier molecular flexibility index (Phi) is 4.00. The summed E-state index contributed by atoms with van der Waals surface area (Å²) in [7, 11) is 0. The lowest BCUT2D eigenvalue weighted by atomic mass is 10.2. The summed E-state index contributed by atoms with van der Waals surface area (Å²) in [6, 6.07) is 11.3. The number of esters is 1. The number of rotatable bonds is 3. The number of ether oxygens (including phenoxy) is 1. The normalized spacial score (nSPS) is 10.5. The lowest BCUT2D eigenvalue weighted by Crippen LogP contribution is -2.07. The van der Waals surface area contributed by atoms with Crippen LogP contribution in [0.2, 0.25) is 5.02 Å². The molecular weight excluding hydrogens is 319 g/mol. The summed E-state index contributed by atoms with van der Waals surface area (Å²) in [5.41, 5.74) is 1.51. The molecule has 2 aromatic heterocycles. The molecule has 0 bridgehead atoms. The van der Waals surface area contributed by atoms with Crippen molar-refractivity contribution >= 4 is 23.1 Å². The Morgan fingerprint density at radius 2 is 2.17 bits per heavy atom. The minimum atomic E-state index is -0.807. The van der Waals surface area contributed by atoms with Gasteiger partial charge in [-0.15, -0.1) is 0 Å². The van der Waals surface area contributed by atoms with Crippen LogP contribution in [0.1, 0.15) is 21.5 Å². The zero-order chi connectivity index (χ0) is 16.4. The Labute approximate surface area is 136 Å². The van der Waals surface area contributed by atoms with Crippen molar-refractivity contribution in [2.75, 3.05) is 0 Å². The lowest BCUT2D eigenvalue weighted by Gasteiger charge is -2.05. The topological polar surface area (TPSA) is 54.5 Å². The van der Waals surface area contributed by atoms with Gasteiger partial charge in [0.25, 0.3) is 0 Å². The summed E-state index contributed by atoms with van der Waals surface area (Å²) in [4.78, 5) is 12.0. The quantitative estimate of drug-likeness (QED) is 0.684. The van der Waals surface area contributed by atoms with Crippen molar-refractivity contribution in [3.8, 4) is 6.07 Å². The van der Waals surface area contributed by atoms with Crippen LogP contribution < -0.4 is 0 Å². The van der Waals surface area contributed by atoms with Gasteiger partial charge in [0.05, 0.1) is 16.6 Å². The Bertz CT molecular complexity index is 943. The predicted molar refractivity (Wildman–Crippen MR) is 82.6 cm³/mol. The van der Waals surface area contributed by atoms with E-state index in [1.165, 1.54) is 12.1 Å². The van der Waals surface area contributed by atoms with Gasteiger partial charge in [-0.2, -0.15) is 5.26 Å². The smallest absolute Gasteiger partial charge is 0.341 e. The summed E-state index contributed by atoms with van der Waals surface area (Å²) in [6.45, 7) is -0.120. The summed E-state index contributed by atoms with van der Waals surface area (Å²) in [5.74, 6) is -1.55. The molecule has 0 saturated heterocycles. The first-order chi connectivity index (χ1) is 11.1. The molecule has 0 atom stereocenters. The van der Waals surface area contributed by atoms with Gasteiger partial charge in [-0.1, -0.05) is 17.7 Å². The van der Waals surface area contributed by atoms with E-state index < -0.39 is 11.8 Å². The van der Waals surface area contributed by atoms with E-state index in [4.69, 9.17) is 16.3 Å². The zero-order valence-corrected chi connectivity index (χ0v) is 12.5. The monoisotopic (exact) mass is 328 g/mol. The van der Waals surface area contributed by atoms with E-state index in [0.29, 0.717) is 11.1 Å². The molecule has 114 valence electrons. The molecule has 1 aromatic carbocycles. The molecule has 0 unspecified atom stereocenters. The molecule has 0 aliphatic rings. The highest BCUT2D eigenvalue weighted by molar-refractivity contribution is 6.30. The number of hydrogen-bond acceptors (Lipinski definition) is 3. The van der Waals surface area contributed by atoms with Crippen molar-refractivity contribution in [1.82, 2.24) is 4.40 Å². The largest absolute Gasteiger partial charge is 0.457 e. The average molecular weight is 329 g/mol. The highest BCUT2D eigenvalue weighted by Crippen LogP contribution is 2.20. The van der Waals surface area contributed by atoms with Crippen molar-refractivity contribution in [2.45, 2.75) is 6.61 Å². The molecule has 0 radical (unpaired) electrons. The second-order valence-corrected chi connectivity index (χ2v) is 5.27. The summed E-state index contributed by atoms with van der Waals surface area (Å²) >= 11 is 5.65. The van der Waals surface area contributed by atoms with Crippen LogP contribution in [-0.4, -0.2) is 10.4 Å². The standard InChI is InChI=1S/C17H10ClFN2O2/c18-12-4-5-13(15(19)7-12)17(22)23-10-11-9-21-6-2-1-3-16(21)14(11)8-20/h1-7,9H,10H2. The van der Waals surface area contributed by atoms with E-state index in [9.17, 15) is 14.4 Å². The summed E-state index contributed by atoms with van der Waals surface area (Å²) < 4.78 is 20.6. The van der Waals surface area contributed by atoms with Gasteiger partial charge in [0.1, 0.15) is 18.5 Å². The van der Waals surface area contributed by atoms with Crippen molar-refractivity contribution in [3.63, 3.8) is 0 Å². The summed E-state index contributed by atoms with van der Waals surface area (Å²) in [6.07, 6.45) is 3.50. The van der Waals surface area contributed by atoms with E-state index in [2.05, 4.69) is 6.07 Å². The lowest BCUT2D eigenvalue weighted by molar-refractivity contribution is 0.0467. The van der Waals surface area contributed by atoms with Gasteiger partial charge in [0, 0.05) is 23.0 Å². The molecule has 23 heavy (non-hydrogen) atoms. The van der Waals surface area contributed by atoms with Crippen molar-refractivity contribution in [3.05, 3.63) is 76.3 Å².